The average molecular weight is 225 g/mol. The van der Waals surface area contributed by atoms with Crippen molar-refractivity contribution in [3.05, 3.63) is 30.1 Å². The third kappa shape index (κ3) is 2.95. The molecule has 16 heavy (non-hydrogen) atoms. The second-order valence-corrected chi connectivity index (χ2v) is 3.87. The van der Waals surface area contributed by atoms with Crippen LogP contribution in [0, 0.1) is 11.7 Å². The molecular weight excluding hydrogens is 209 g/mol. The van der Waals surface area contributed by atoms with Gasteiger partial charge in [0.15, 0.2) is 0 Å². The van der Waals surface area contributed by atoms with Crippen LogP contribution in [0.4, 0.5) is 10.1 Å². The van der Waals surface area contributed by atoms with Gasteiger partial charge >= 0.3 is 5.97 Å². The van der Waals surface area contributed by atoms with Crippen LogP contribution in [-0.4, -0.2) is 19.1 Å². The molecule has 0 aliphatic carbocycles. The molecule has 0 saturated heterocycles. The van der Waals surface area contributed by atoms with E-state index in [4.69, 9.17) is 0 Å². The number of hydrogen-bond donors (Lipinski definition) is 1. The maximum absolute atomic E-state index is 13.4. The number of nitrogens with one attached hydrogen (secondary N) is 1. The lowest BCUT2D eigenvalue weighted by Gasteiger charge is -2.21. The lowest BCUT2D eigenvalue weighted by atomic mass is 10.0. The Balaban J connectivity index is 2.84. The van der Waals surface area contributed by atoms with Crippen LogP contribution in [0.1, 0.15) is 13.8 Å². The number of carbonyl (C=O) groups excluding carboxylic acids is 1. The van der Waals surface area contributed by atoms with E-state index < -0.39 is 12.0 Å². The largest absolute Gasteiger partial charge is 0.467 e. The molecule has 88 valence electrons. The minimum Gasteiger partial charge on any atom is -0.467 e. The predicted octanol–water partition coefficient (Wildman–Crippen LogP) is 2.44. The summed E-state index contributed by atoms with van der Waals surface area (Å²) in [6.07, 6.45) is 0. The number of methoxy groups -OCH3 is 1. The highest BCUT2D eigenvalue weighted by atomic mass is 19.1. The molecule has 0 amide bonds. The molecule has 0 fully saturated rings. The van der Waals surface area contributed by atoms with Crippen molar-refractivity contribution in [2.75, 3.05) is 12.4 Å². The van der Waals surface area contributed by atoms with E-state index >= 15 is 0 Å². The second kappa shape index (κ2) is 5.49. The SMILES string of the molecule is COC(=O)C(Nc1ccccc1F)C(C)C. The fourth-order valence-corrected chi connectivity index (χ4v) is 1.37. The van der Waals surface area contributed by atoms with Crippen molar-refractivity contribution in [3.63, 3.8) is 0 Å². The first kappa shape index (κ1) is 12.5. The second-order valence-electron chi connectivity index (χ2n) is 3.87. The maximum Gasteiger partial charge on any atom is 0.328 e. The van der Waals surface area contributed by atoms with Crippen molar-refractivity contribution < 1.29 is 13.9 Å². The Labute approximate surface area is 94.6 Å². The van der Waals surface area contributed by atoms with E-state index in [0.29, 0.717) is 5.69 Å². The summed E-state index contributed by atoms with van der Waals surface area (Å²) < 4.78 is 18.0. The van der Waals surface area contributed by atoms with Crippen molar-refractivity contribution in [3.8, 4) is 0 Å². The van der Waals surface area contributed by atoms with E-state index in [0.717, 1.165) is 0 Å². The topological polar surface area (TPSA) is 38.3 Å². The monoisotopic (exact) mass is 225 g/mol. The number of para-hydroxylation sites is 1. The first-order valence-electron chi connectivity index (χ1n) is 5.15. The van der Waals surface area contributed by atoms with Crippen LogP contribution in [0.15, 0.2) is 24.3 Å². The van der Waals surface area contributed by atoms with Gasteiger partial charge in [-0.3, -0.25) is 0 Å². The minimum absolute atomic E-state index is 0.0204. The molecule has 3 nitrogen and oxygen atoms in total. The predicted molar refractivity (Wildman–Crippen MR) is 60.7 cm³/mol. The van der Waals surface area contributed by atoms with Gasteiger partial charge in [0.1, 0.15) is 11.9 Å². The van der Waals surface area contributed by atoms with Gasteiger partial charge in [-0.1, -0.05) is 26.0 Å². The van der Waals surface area contributed by atoms with Gasteiger partial charge in [-0.2, -0.15) is 0 Å². The molecule has 1 atom stereocenters. The molecule has 0 aliphatic rings. The van der Waals surface area contributed by atoms with Crippen molar-refractivity contribution in [2.45, 2.75) is 19.9 Å². The van der Waals surface area contributed by atoms with Gasteiger partial charge in [0.05, 0.1) is 12.8 Å². The van der Waals surface area contributed by atoms with Crippen molar-refractivity contribution in [2.24, 2.45) is 5.92 Å². The zero-order valence-electron chi connectivity index (χ0n) is 9.66. The van der Waals surface area contributed by atoms with Gasteiger partial charge in [-0.25, -0.2) is 9.18 Å². The zero-order chi connectivity index (χ0) is 12.1. The Hall–Kier alpha value is -1.58. The zero-order valence-corrected chi connectivity index (χ0v) is 9.66. The van der Waals surface area contributed by atoms with E-state index in [2.05, 4.69) is 10.1 Å². The smallest absolute Gasteiger partial charge is 0.328 e. The lowest BCUT2D eigenvalue weighted by molar-refractivity contribution is -0.142. The Bertz CT molecular complexity index is 366. The Kier molecular flexibility index (Phi) is 4.28. The van der Waals surface area contributed by atoms with Crippen LogP contribution < -0.4 is 5.32 Å². The molecule has 4 heteroatoms. The highest BCUT2D eigenvalue weighted by Crippen LogP contribution is 2.17. The number of benzene rings is 1. The highest BCUT2D eigenvalue weighted by Gasteiger charge is 2.23. The minimum atomic E-state index is -0.540. The summed E-state index contributed by atoms with van der Waals surface area (Å²) >= 11 is 0. The van der Waals surface area contributed by atoms with Gasteiger partial charge in [0.25, 0.3) is 0 Å². The lowest BCUT2D eigenvalue weighted by Crippen LogP contribution is -2.35. The van der Waals surface area contributed by atoms with Crippen LogP contribution in [-0.2, 0) is 9.53 Å². The van der Waals surface area contributed by atoms with Crippen molar-refractivity contribution in [1.29, 1.82) is 0 Å². The molecule has 0 saturated carbocycles. The number of halogens is 1. The van der Waals surface area contributed by atoms with Gasteiger partial charge in [0.2, 0.25) is 0 Å². The Morgan fingerprint density at radius 1 is 1.38 bits per heavy atom. The molecule has 0 radical (unpaired) electrons. The molecular formula is C12H16FNO2. The summed E-state index contributed by atoms with van der Waals surface area (Å²) in [7, 11) is 1.32. The molecule has 0 aliphatic heterocycles. The maximum atomic E-state index is 13.4. The fourth-order valence-electron chi connectivity index (χ4n) is 1.37. The van der Waals surface area contributed by atoms with Gasteiger partial charge in [-0.15, -0.1) is 0 Å². The summed E-state index contributed by atoms with van der Waals surface area (Å²) in [4.78, 5) is 11.5. The van der Waals surface area contributed by atoms with Crippen LogP contribution >= 0.6 is 0 Å². The third-order valence-electron chi connectivity index (χ3n) is 2.31. The molecule has 1 rings (SSSR count). The van der Waals surface area contributed by atoms with E-state index in [1.807, 2.05) is 13.8 Å². The van der Waals surface area contributed by atoms with E-state index in [-0.39, 0.29) is 11.7 Å². The van der Waals surface area contributed by atoms with Gasteiger partial charge in [0, 0.05) is 0 Å². The highest BCUT2D eigenvalue weighted by molar-refractivity contribution is 5.79. The molecule has 0 spiro atoms. The molecule has 1 aromatic carbocycles. The molecule has 1 N–H and O–H groups in total. The summed E-state index contributed by atoms with van der Waals surface area (Å²) in [5, 5.41) is 2.85. The van der Waals surface area contributed by atoms with Crippen LogP contribution in [0.3, 0.4) is 0 Å². The molecule has 1 aromatic rings. The van der Waals surface area contributed by atoms with Crippen LogP contribution in [0.5, 0.6) is 0 Å². The molecule has 0 bridgehead atoms. The van der Waals surface area contributed by atoms with Gasteiger partial charge < -0.3 is 10.1 Å². The summed E-state index contributed by atoms with van der Waals surface area (Å²) in [5.74, 6) is -0.748. The molecule has 1 unspecified atom stereocenters. The number of ether oxygens (including phenoxy) is 1. The normalized spacial score (nSPS) is 12.3. The standard InChI is InChI=1S/C12H16FNO2/c1-8(2)11(12(15)16-3)14-10-7-5-4-6-9(10)13/h4-8,11,14H,1-3H3. The number of anilines is 1. The molecule has 0 heterocycles. The number of rotatable bonds is 4. The third-order valence-corrected chi connectivity index (χ3v) is 2.31. The summed E-state index contributed by atoms with van der Waals surface area (Å²) in [6, 6.07) is 5.70. The van der Waals surface area contributed by atoms with Crippen molar-refractivity contribution >= 4 is 11.7 Å². The fraction of sp³-hybridized carbons (Fsp3) is 0.417. The molecule has 0 aromatic heterocycles. The van der Waals surface area contributed by atoms with E-state index in [9.17, 15) is 9.18 Å². The summed E-state index contributed by atoms with van der Waals surface area (Å²) in [6.45, 7) is 3.74. The van der Waals surface area contributed by atoms with Crippen LogP contribution in [0.25, 0.3) is 0 Å². The first-order chi connectivity index (χ1) is 7.56. The summed E-state index contributed by atoms with van der Waals surface area (Å²) in [5.41, 5.74) is 0.312. The number of esters is 1. The average Bonchev–Trinajstić information content (AvgIpc) is 2.26. The Morgan fingerprint density at radius 3 is 2.50 bits per heavy atom. The van der Waals surface area contributed by atoms with Gasteiger partial charge in [-0.05, 0) is 18.1 Å². The van der Waals surface area contributed by atoms with Crippen LogP contribution in [0.2, 0.25) is 0 Å². The number of carbonyl (C=O) groups is 1. The number of hydrogen-bond acceptors (Lipinski definition) is 3. The van der Waals surface area contributed by atoms with Crippen molar-refractivity contribution in [1.82, 2.24) is 0 Å². The Morgan fingerprint density at radius 2 is 2.00 bits per heavy atom. The van der Waals surface area contributed by atoms with E-state index in [1.54, 1.807) is 18.2 Å². The first-order valence-corrected chi connectivity index (χ1v) is 5.15. The quantitative estimate of drug-likeness (QED) is 0.800. The van der Waals surface area contributed by atoms with E-state index in [1.165, 1.54) is 13.2 Å².